The number of benzene rings is 2. The number of anilines is 2. The van der Waals surface area contributed by atoms with E-state index in [2.05, 4.69) is 147 Å². The molecule has 0 fully saturated rings. The predicted octanol–water partition coefficient (Wildman–Crippen LogP) is 6.77. The third kappa shape index (κ3) is 5.03. The summed E-state index contributed by atoms with van der Waals surface area (Å²) < 4.78 is 0. The van der Waals surface area contributed by atoms with Gasteiger partial charge in [0, 0.05) is 51.4 Å². The van der Waals surface area contributed by atoms with Gasteiger partial charge in [-0.25, -0.2) is 0 Å². The topological polar surface area (TPSA) is 6.48 Å². The molecule has 0 spiro atoms. The summed E-state index contributed by atoms with van der Waals surface area (Å²) in [6, 6.07) is 17.6. The van der Waals surface area contributed by atoms with Gasteiger partial charge < -0.3 is 9.80 Å². The molecule has 0 heterocycles. The third-order valence-electron chi connectivity index (χ3n) is 6.06. The maximum absolute atomic E-state index is 2.40. The van der Waals surface area contributed by atoms with Crippen molar-refractivity contribution in [3.8, 4) is 0 Å². The fraction of sp³-hybridized carbons (Fsp3) is 0.200. The quantitative estimate of drug-likeness (QED) is 0.527. The molecule has 162 valence electrons. The van der Waals surface area contributed by atoms with E-state index in [-0.39, 0.29) is 0 Å². The molecule has 2 aliphatic rings. The van der Waals surface area contributed by atoms with Crippen molar-refractivity contribution in [1.82, 2.24) is 0 Å². The van der Waals surface area contributed by atoms with Gasteiger partial charge in [0.25, 0.3) is 0 Å². The first kappa shape index (κ1) is 21.7. The largest absolute Gasteiger partial charge is 0.378 e. The van der Waals surface area contributed by atoms with Gasteiger partial charge in [-0.3, -0.25) is 0 Å². The summed E-state index contributed by atoms with van der Waals surface area (Å²) in [5.74, 6) is 0.585. The summed E-state index contributed by atoms with van der Waals surface area (Å²) in [4.78, 5) is 4.26. The summed E-state index contributed by atoms with van der Waals surface area (Å²) in [6.45, 7) is 0. The van der Waals surface area contributed by atoms with E-state index < -0.39 is 0 Å². The zero-order chi connectivity index (χ0) is 22.5. The monoisotopic (exact) mass is 420 g/mol. The summed E-state index contributed by atoms with van der Waals surface area (Å²) in [5.41, 5.74) is 7.46. The van der Waals surface area contributed by atoms with Crippen LogP contribution in [-0.4, -0.2) is 28.2 Å². The lowest BCUT2D eigenvalue weighted by Crippen LogP contribution is -2.08. The number of nitrogens with zero attached hydrogens (tertiary/aromatic N) is 2. The van der Waals surface area contributed by atoms with Crippen LogP contribution < -0.4 is 9.80 Å². The molecule has 0 amide bonds. The van der Waals surface area contributed by atoms with Crippen molar-refractivity contribution >= 4 is 22.5 Å². The molecule has 4 rings (SSSR count). The maximum Gasteiger partial charge on any atom is 0.0361 e. The molecule has 32 heavy (non-hydrogen) atoms. The second kappa shape index (κ2) is 9.74. The highest BCUT2D eigenvalue weighted by molar-refractivity contribution is 5.78. The highest BCUT2D eigenvalue weighted by Gasteiger charge is 2.17. The van der Waals surface area contributed by atoms with Gasteiger partial charge in [-0.05, 0) is 46.5 Å². The Morgan fingerprint density at radius 1 is 0.500 bits per heavy atom. The van der Waals surface area contributed by atoms with Crippen molar-refractivity contribution in [1.29, 1.82) is 0 Å². The molecule has 0 saturated carbocycles. The van der Waals surface area contributed by atoms with Crippen molar-refractivity contribution in [3.63, 3.8) is 0 Å². The number of rotatable bonds is 5. The Bertz CT molecular complexity index is 1010. The normalized spacial score (nSPS) is 19.8. The lowest BCUT2D eigenvalue weighted by Gasteiger charge is -2.18. The Hall–Kier alpha value is -3.52. The molecule has 0 aromatic heterocycles. The van der Waals surface area contributed by atoms with Gasteiger partial charge >= 0.3 is 0 Å². The van der Waals surface area contributed by atoms with E-state index in [0.717, 1.165) is 0 Å². The SMILES string of the molecule is CN(C)c1ccc(C2=CC(C3C=CC=CC(c4ccc(N(C)C)cc4)=C3)C=CC=C2)cc1. The predicted molar refractivity (Wildman–Crippen MR) is 141 cm³/mol. The molecule has 0 aliphatic heterocycles. The van der Waals surface area contributed by atoms with Crippen LogP contribution in [-0.2, 0) is 0 Å². The van der Waals surface area contributed by atoms with Gasteiger partial charge in [-0.15, -0.1) is 0 Å². The van der Waals surface area contributed by atoms with Gasteiger partial charge in [-0.1, -0.05) is 85.0 Å². The van der Waals surface area contributed by atoms with Gasteiger partial charge in [0.2, 0.25) is 0 Å². The van der Waals surface area contributed by atoms with E-state index >= 15 is 0 Å². The number of hydrogen-bond donors (Lipinski definition) is 0. The van der Waals surface area contributed by atoms with Crippen LogP contribution in [0.2, 0.25) is 0 Å². The van der Waals surface area contributed by atoms with Gasteiger partial charge in [0.15, 0.2) is 0 Å². The summed E-state index contributed by atoms with van der Waals surface area (Å²) in [5, 5.41) is 0. The van der Waals surface area contributed by atoms with Crippen molar-refractivity contribution in [2.24, 2.45) is 11.8 Å². The minimum Gasteiger partial charge on any atom is -0.378 e. The molecule has 0 bridgehead atoms. The first-order valence-electron chi connectivity index (χ1n) is 11.2. The highest BCUT2D eigenvalue weighted by Crippen LogP contribution is 2.32. The fourth-order valence-electron chi connectivity index (χ4n) is 4.11. The van der Waals surface area contributed by atoms with Crippen molar-refractivity contribution in [2.45, 2.75) is 0 Å². The van der Waals surface area contributed by atoms with Crippen LogP contribution in [0.3, 0.4) is 0 Å². The van der Waals surface area contributed by atoms with E-state index in [9.17, 15) is 0 Å². The standard InChI is InChI=1S/C30H32N2/c1-31(2)29-17-13-23(14-18-29)25-9-5-7-11-27(21-25)28-12-8-6-10-26(22-28)24-15-19-30(20-16-24)32(3)4/h5-22,27-28H,1-4H3. The molecule has 0 N–H and O–H groups in total. The van der Waals surface area contributed by atoms with Crippen molar-refractivity contribution in [2.75, 3.05) is 38.0 Å². The van der Waals surface area contributed by atoms with Crippen LogP contribution in [0.25, 0.3) is 11.1 Å². The summed E-state index contributed by atoms with van der Waals surface area (Å²) in [7, 11) is 8.29. The number of hydrogen-bond acceptors (Lipinski definition) is 2. The fourth-order valence-corrected chi connectivity index (χ4v) is 4.11. The van der Waals surface area contributed by atoms with Crippen molar-refractivity contribution < 1.29 is 0 Å². The Labute approximate surface area is 192 Å². The first-order valence-corrected chi connectivity index (χ1v) is 11.2. The van der Waals surface area contributed by atoms with Crippen LogP contribution >= 0.6 is 0 Å². The zero-order valence-electron chi connectivity index (χ0n) is 19.4. The van der Waals surface area contributed by atoms with Crippen LogP contribution in [0.4, 0.5) is 11.4 Å². The molecule has 2 aromatic carbocycles. The maximum atomic E-state index is 2.40. The lowest BCUT2D eigenvalue weighted by molar-refractivity contribution is 0.679. The molecule has 2 aromatic rings. The van der Waals surface area contributed by atoms with E-state index in [4.69, 9.17) is 0 Å². The average molecular weight is 421 g/mol. The van der Waals surface area contributed by atoms with Crippen molar-refractivity contribution in [3.05, 3.63) is 120 Å². The van der Waals surface area contributed by atoms with Crippen LogP contribution in [0, 0.1) is 11.8 Å². The minimum atomic E-state index is 0.292. The molecule has 2 unspecified atom stereocenters. The van der Waals surface area contributed by atoms with Crippen LogP contribution in [0.5, 0.6) is 0 Å². The summed E-state index contributed by atoms with van der Waals surface area (Å²) >= 11 is 0. The second-order valence-electron chi connectivity index (χ2n) is 8.77. The van der Waals surface area contributed by atoms with Gasteiger partial charge in [0.1, 0.15) is 0 Å². The molecular weight excluding hydrogens is 388 g/mol. The molecule has 2 aliphatic carbocycles. The second-order valence-corrected chi connectivity index (χ2v) is 8.77. The van der Waals surface area contributed by atoms with E-state index in [1.165, 1.54) is 33.6 Å². The first-order chi connectivity index (χ1) is 15.5. The Morgan fingerprint density at radius 2 is 0.875 bits per heavy atom. The molecular formula is C30H32N2. The Balaban J connectivity index is 1.63. The molecule has 2 heteroatoms. The highest BCUT2D eigenvalue weighted by atomic mass is 15.1. The Morgan fingerprint density at radius 3 is 1.22 bits per heavy atom. The third-order valence-corrected chi connectivity index (χ3v) is 6.06. The lowest BCUT2D eigenvalue weighted by atomic mass is 9.87. The molecule has 0 saturated heterocycles. The van der Waals surface area contributed by atoms with E-state index in [0.29, 0.717) is 11.8 Å². The molecule has 2 atom stereocenters. The average Bonchev–Trinajstić information content (AvgIpc) is 3.20. The minimum absolute atomic E-state index is 0.292. The van der Waals surface area contributed by atoms with Crippen LogP contribution in [0.1, 0.15) is 11.1 Å². The molecule has 2 nitrogen and oxygen atoms in total. The van der Waals surface area contributed by atoms with Gasteiger partial charge in [-0.2, -0.15) is 0 Å². The smallest absolute Gasteiger partial charge is 0.0361 e. The number of allylic oxidation sites excluding steroid dienone is 12. The molecule has 0 radical (unpaired) electrons. The zero-order valence-corrected chi connectivity index (χ0v) is 19.4. The Kier molecular flexibility index (Phi) is 6.61. The van der Waals surface area contributed by atoms with Crippen LogP contribution in [0.15, 0.2) is 109 Å². The van der Waals surface area contributed by atoms with Gasteiger partial charge in [0.05, 0.1) is 0 Å². The summed E-state index contributed by atoms with van der Waals surface area (Å²) in [6.07, 6.45) is 22.5. The van der Waals surface area contributed by atoms with E-state index in [1.54, 1.807) is 0 Å². The van der Waals surface area contributed by atoms with E-state index in [1.807, 2.05) is 0 Å².